The number of Topliss-reactive ketones (excluding diaryl/α,β-unsaturated/α-hetero) is 3. The lowest BCUT2D eigenvalue weighted by molar-refractivity contribution is -0.202. The van der Waals surface area contributed by atoms with E-state index in [1.807, 2.05) is 32.0 Å². The maximum absolute atomic E-state index is 14.2. The summed E-state index contributed by atoms with van der Waals surface area (Å²) in [5, 5.41) is 59.0. The van der Waals surface area contributed by atoms with E-state index in [0.29, 0.717) is 11.1 Å². The molecule has 5 rings (SSSR count). The Balaban J connectivity index is 1.97. The first-order valence-corrected chi connectivity index (χ1v) is 14.0. The zero-order valence-corrected chi connectivity index (χ0v) is 24.7. The molecule has 5 atom stereocenters. The summed E-state index contributed by atoms with van der Waals surface area (Å²) in [7, 11) is 0. The number of allylic oxidation sites excluding steroid dienone is 1. The predicted molar refractivity (Wildman–Crippen MR) is 157 cm³/mol. The Kier molecular flexibility index (Phi) is 6.49. The summed E-state index contributed by atoms with van der Waals surface area (Å²) >= 11 is 0. The quantitative estimate of drug-likeness (QED) is 0.325. The van der Waals surface area contributed by atoms with Crippen molar-refractivity contribution in [3.05, 3.63) is 86.9 Å². The van der Waals surface area contributed by atoms with Crippen molar-refractivity contribution in [2.45, 2.75) is 60.2 Å². The maximum Gasteiger partial charge on any atom is 0.209 e. The summed E-state index contributed by atoms with van der Waals surface area (Å²) < 4.78 is 0. The van der Waals surface area contributed by atoms with Gasteiger partial charge in [-0.15, -0.1) is 0 Å². The van der Waals surface area contributed by atoms with Gasteiger partial charge < -0.3 is 25.5 Å². The molecule has 2 aromatic carbocycles. The highest BCUT2D eigenvalue weighted by Gasteiger charge is 2.75. The van der Waals surface area contributed by atoms with Crippen molar-refractivity contribution in [1.29, 1.82) is 0 Å². The second kappa shape index (κ2) is 9.24. The Morgan fingerprint density at radius 1 is 1.00 bits per heavy atom. The normalized spacial score (nSPS) is 31.8. The molecular weight excluding hydrogens is 536 g/mol. The standard InChI is InChI=1S/C34H36O8/c1-15(2)25-27(37)23(18(5)35)29(39)34(42)30(40)26-28(38)24-20(9-8-10-22(24)36)21(32(26,6)31(41)33(25,34)7)14-19-12-16(3)11-17(4)13-19/h8-15,25,31,36-37,40-42H,1-7H3/b21-14+/t25?,31-,32+,33+,34+/m1/s1. The molecule has 8 nitrogen and oxygen atoms in total. The number of rotatable bonds is 3. The number of aryl methyl sites for hydroxylation is 2. The van der Waals surface area contributed by atoms with E-state index in [2.05, 4.69) is 0 Å². The number of carbonyl (C=O) groups excluding carboxylic acids is 3. The fraction of sp³-hybridized carbons (Fsp3) is 0.382. The molecule has 0 amide bonds. The second-order valence-electron chi connectivity index (χ2n) is 12.7. The molecule has 0 bridgehead atoms. The van der Waals surface area contributed by atoms with Gasteiger partial charge in [0.2, 0.25) is 5.78 Å². The number of benzene rings is 2. The van der Waals surface area contributed by atoms with Crippen molar-refractivity contribution in [3.8, 4) is 5.75 Å². The average Bonchev–Trinajstić information content (AvgIpc) is 2.87. The van der Waals surface area contributed by atoms with Crippen molar-refractivity contribution in [3.63, 3.8) is 0 Å². The van der Waals surface area contributed by atoms with E-state index < -0.39 is 74.4 Å². The van der Waals surface area contributed by atoms with Gasteiger partial charge in [-0.2, -0.15) is 0 Å². The third-order valence-corrected chi connectivity index (χ3v) is 9.67. The second-order valence-corrected chi connectivity index (χ2v) is 12.7. The monoisotopic (exact) mass is 572 g/mol. The van der Waals surface area contributed by atoms with Crippen LogP contribution in [0, 0.1) is 36.5 Å². The topological polar surface area (TPSA) is 152 Å². The van der Waals surface area contributed by atoms with Gasteiger partial charge in [0.05, 0.1) is 22.7 Å². The van der Waals surface area contributed by atoms with Crippen LogP contribution in [0.5, 0.6) is 5.75 Å². The first-order valence-electron chi connectivity index (χ1n) is 14.0. The summed E-state index contributed by atoms with van der Waals surface area (Å²) in [4.78, 5) is 40.7. The van der Waals surface area contributed by atoms with E-state index in [4.69, 9.17) is 0 Å². The smallest absolute Gasteiger partial charge is 0.209 e. The Labute approximate surface area is 244 Å². The van der Waals surface area contributed by atoms with Crippen LogP contribution in [-0.4, -0.2) is 54.6 Å². The Hall–Kier alpha value is -4.01. The molecule has 0 aliphatic heterocycles. The zero-order valence-electron chi connectivity index (χ0n) is 24.7. The van der Waals surface area contributed by atoms with Gasteiger partial charge in [-0.1, -0.05) is 68.3 Å². The van der Waals surface area contributed by atoms with E-state index in [1.54, 1.807) is 39.0 Å². The minimum atomic E-state index is -2.94. The predicted octanol–water partition coefficient (Wildman–Crippen LogP) is 4.93. The SMILES string of the molecule is CC(=O)C1=C(O)C(C(C)C)[C@@]2(C)[C@H](O)[C@]3(C)C(=C(O)[C@@]2(O)C1=O)C(=O)c1c(O)cccc1/C3=C\c1cc(C)cc(C)c1. The summed E-state index contributed by atoms with van der Waals surface area (Å²) in [6, 6.07) is 10.3. The number of aliphatic hydroxyl groups excluding tert-OH is 3. The highest BCUT2D eigenvalue weighted by Crippen LogP contribution is 2.67. The van der Waals surface area contributed by atoms with Crippen molar-refractivity contribution in [2.24, 2.45) is 22.7 Å². The van der Waals surface area contributed by atoms with Crippen molar-refractivity contribution >= 4 is 29.0 Å². The number of ketones is 3. The molecule has 1 unspecified atom stereocenters. The highest BCUT2D eigenvalue weighted by molar-refractivity contribution is 6.26. The van der Waals surface area contributed by atoms with Crippen molar-refractivity contribution in [2.75, 3.05) is 0 Å². The third kappa shape index (κ3) is 3.45. The number of hydrogen-bond acceptors (Lipinski definition) is 8. The molecule has 0 spiro atoms. The van der Waals surface area contributed by atoms with Crippen LogP contribution in [0.4, 0.5) is 0 Å². The molecular formula is C34H36O8. The summed E-state index contributed by atoms with van der Waals surface area (Å²) in [6.07, 6.45) is 0.0187. The van der Waals surface area contributed by atoms with Crippen molar-refractivity contribution < 1.29 is 39.9 Å². The highest BCUT2D eigenvalue weighted by atomic mass is 16.4. The lowest BCUT2D eigenvalue weighted by Crippen LogP contribution is -2.73. The molecule has 5 N–H and O–H groups in total. The number of aromatic hydroxyl groups is 1. The molecule has 0 saturated carbocycles. The van der Waals surface area contributed by atoms with Gasteiger partial charge >= 0.3 is 0 Å². The van der Waals surface area contributed by atoms with Crippen LogP contribution >= 0.6 is 0 Å². The van der Waals surface area contributed by atoms with Gasteiger partial charge in [0, 0.05) is 11.3 Å². The maximum atomic E-state index is 14.2. The first-order chi connectivity index (χ1) is 19.4. The molecule has 3 aliphatic carbocycles. The molecule has 0 radical (unpaired) electrons. The van der Waals surface area contributed by atoms with Gasteiger partial charge in [-0.25, -0.2) is 0 Å². The minimum absolute atomic E-state index is 0.152. The van der Waals surface area contributed by atoms with Crippen molar-refractivity contribution in [1.82, 2.24) is 0 Å². The van der Waals surface area contributed by atoms with E-state index >= 15 is 0 Å². The summed E-state index contributed by atoms with van der Waals surface area (Å²) in [6.45, 7) is 11.3. The fourth-order valence-corrected chi connectivity index (χ4v) is 7.97. The lowest BCUT2D eigenvalue weighted by Gasteiger charge is -2.62. The minimum Gasteiger partial charge on any atom is -0.511 e. The number of hydrogen-bond donors (Lipinski definition) is 5. The Morgan fingerprint density at radius 3 is 2.14 bits per heavy atom. The van der Waals surface area contributed by atoms with Crippen LogP contribution in [0.15, 0.2) is 59.1 Å². The van der Waals surface area contributed by atoms with Crippen LogP contribution in [0.25, 0.3) is 11.6 Å². The van der Waals surface area contributed by atoms with Gasteiger partial charge in [-0.05, 0) is 56.4 Å². The van der Waals surface area contributed by atoms with E-state index in [0.717, 1.165) is 23.6 Å². The molecule has 0 heterocycles. The van der Waals surface area contributed by atoms with Crippen LogP contribution in [0.2, 0.25) is 0 Å². The van der Waals surface area contributed by atoms with Gasteiger partial charge in [0.1, 0.15) is 22.8 Å². The molecule has 8 heteroatoms. The van der Waals surface area contributed by atoms with Gasteiger partial charge in [-0.3, -0.25) is 14.4 Å². The third-order valence-electron chi connectivity index (χ3n) is 9.67. The Morgan fingerprint density at radius 2 is 1.60 bits per heavy atom. The molecule has 42 heavy (non-hydrogen) atoms. The van der Waals surface area contributed by atoms with Gasteiger partial charge in [0.15, 0.2) is 17.2 Å². The Bertz CT molecular complexity index is 1670. The first kappa shape index (κ1) is 29.5. The number of phenolic OH excluding ortho intramolecular Hbond substituents is 1. The molecule has 220 valence electrons. The van der Waals surface area contributed by atoms with Crippen LogP contribution in [0.3, 0.4) is 0 Å². The summed E-state index contributed by atoms with van der Waals surface area (Å²) in [5.41, 5.74) is -4.63. The van der Waals surface area contributed by atoms with E-state index in [9.17, 15) is 39.9 Å². The number of fused-ring (bicyclic) bond motifs is 3. The fourth-order valence-electron chi connectivity index (χ4n) is 7.97. The number of carbonyl (C=O) groups is 3. The van der Waals surface area contributed by atoms with Crippen LogP contribution in [-0.2, 0) is 9.59 Å². The zero-order chi connectivity index (χ0) is 31.3. The van der Waals surface area contributed by atoms with E-state index in [1.165, 1.54) is 13.0 Å². The van der Waals surface area contributed by atoms with Crippen LogP contribution in [0.1, 0.15) is 67.2 Å². The van der Waals surface area contributed by atoms with Crippen LogP contribution < -0.4 is 0 Å². The lowest BCUT2D eigenvalue weighted by atomic mass is 9.42. The molecule has 0 saturated heterocycles. The molecule has 2 aromatic rings. The molecule has 3 aliphatic rings. The molecule has 0 aromatic heterocycles. The van der Waals surface area contributed by atoms with Gasteiger partial charge in [0.25, 0.3) is 0 Å². The molecule has 0 fully saturated rings. The number of phenols is 1. The summed E-state index contributed by atoms with van der Waals surface area (Å²) in [5.74, 6) is -6.65. The average molecular weight is 573 g/mol. The van der Waals surface area contributed by atoms with E-state index in [-0.39, 0.29) is 11.3 Å². The largest absolute Gasteiger partial charge is 0.511 e. The number of aliphatic hydroxyl groups is 4.